The SMILES string of the molecule is CC(=O)c1cc(C)c(CC(=O)c2c(O)cc(C)oc2=O)s1. The minimum absolute atomic E-state index is 0.0504. The van der Waals surface area contributed by atoms with Crippen LogP contribution in [0.4, 0.5) is 0 Å². The van der Waals surface area contributed by atoms with Crippen LogP contribution in [0.1, 0.15) is 43.2 Å². The molecule has 0 aliphatic carbocycles. The lowest BCUT2D eigenvalue weighted by molar-refractivity contribution is 0.0984. The predicted molar refractivity (Wildman–Crippen MR) is 78.5 cm³/mol. The molecular weight excluding hydrogens is 292 g/mol. The van der Waals surface area contributed by atoms with E-state index >= 15 is 0 Å². The highest BCUT2D eigenvalue weighted by Crippen LogP contribution is 2.25. The first-order valence-corrected chi connectivity index (χ1v) is 7.08. The van der Waals surface area contributed by atoms with Crippen molar-refractivity contribution in [1.82, 2.24) is 0 Å². The van der Waals surface area contributed by atoms with E-state index in [9.17, 15) is 19.5 Å². The number of hydrogen-bond acceptors (Lipinski definition) is 6. The molecule has 0 saturated carbocycles. The van der Waals surface area contributed by atoms with Gasteiger partial charge in [-0.3, -0.25) is 9.59 Å². The van der Waals surface area contributed by atoms with Gasteiger partial charge in [-0.1, -0.05) is 0 Å². The molecule has 2 heterocycles. The Morgan fingerprint density at radius 3 is 2.48 bits per heavy atom. The molecule has 0 fully saturated rings. The molecule has 2 rings (SSSR count). The number of rotatable bonds is 4. The molecule has 0 spiro atoms. The van der Waals surface area contributed by atoms with Gasteiger partial charge in [0.2, 0.25) is 0 Å². The highest BCUT2D eigenvalue weighted by Gasteiger charge is 2.20. The first-order chi connectivity index (χ1) is 9.79. The number of carbonyl (C=O) groups is 2. The zero-order valence-electron chi connectivity index (χ0n) is 11.9. The van der Waals surface area contributed by atoms with Crippen LogP contribution in [0.25, 0.3) is 0 Å². The Labute approximate surface area is 124 Å². The smallest absolute Gasteiger partial charge is 0.350 e. The van der Waals surface area contributed by atoms with Gasteiger partial charge in [0.1, 0.15) is 17.1 Å². The second kappa shape index (κ2) is 5.65. The Bertz CT molecular complexity index is 782. The fourth-order valence-corrected chi connectivity index (χ4v) is 3.02. The molecule has 2 aromatic heterocycles. The summed E-state index contributed by atoms with van der Waals surface area (Å²) in [6.07, 6.45) is -0.0504. The second-order valence-electron chi connectivity index (χ2n) is 4.78. The summed E-state index contributed by atoms with van der Waals surface area (Å²) in [5, 5.41) is 9.75. The average molecular weight is 306 g/mol. The number of thiophene rings is 1. The van der Waals surface area contributed by atoms with E-state index in [4.69, 9.17) is 4.42 Å². The van der Waals surface area contributed by atoms with E-state index in [0.717, 1.165) is 5.56 Å². The Hall–Kier alpha value is -2.21. The zero-order chi connectivity index (χ0) is 15.7. The molecule has 0 unspecified atom stereocenters. The van der Waals surface area contributed by atoms with E-state index in [1.54, 1.807) is 13.0 Å². The third-order valence-corrected chi connectivity index (χ3v) is 4.36. The molecule has 0 radical (unpaired) electrons. The van der Waals surface area contributed by atoms with E-state index < -0.39 is 11.4 Å². The van der Waals surface area contributed by atoms with Gasteiger partial charge in [0, 0.05) is 17.4 Å². The first kappa shape index (κ1) is 15.2. The van der Waals surface area contributed by atoms with E-state index in [1.165, 1.54) is 31.3 Å². The van der Waals surface area contributed by atoms with Crippen LogP contribution in [0.3, 0.4) is 0 Å². The van der Waals surface area contributed by atoms with E-state index in [2.05, 4.69) is 0 Å². The molecule has 1 N–H and O–H groups in total. The fraction of sp³-hybridized carbons (Fsp3) is 0.267. The average Bonchev–Trinajstić information content (AvgIpc) is 2.69. The maximum atomic E-state index is 12.2. The lowest BCUT2D eigenvalue weighted by Crippen LogP contribution is -2.16. The van der Waals surface area contributed by atoms with Crippen molar-refractivity contribution >= 4 is 22.9 Å². The summed E-state index contributed by atoms with van der Waals surface area (Å²) < 4.78 is 4.83. The molecule has 0 amide bonds. The highest BCUT2D eigenvalue weighted by atomic mass is 32.1. The number of hydrogen-bond donors (Lipinski definition) is 1. The molecule has 0 aliphatic rings. The number of ketones is 2. The van der Waals surface area contributed by atoms with Gasteiger partial charge in [0.15, 0.2) is 11.6 Å². The normalized spacial score (nSPS) is 10.6. The van der Waals surface area contributed by atoms with Crippen molar-refractivity contribution in [2.45, 2.75) is 27.2 Å². The van der Waals surface area contributed by atoms with Crippen molar-refractivity contribution in [1.29, 1.82) is 0 Å². The van der Waals surface area contributed by atoms with Gasteiger partial charge in [-0.25, -0.2) is 4.79 Å². The topological polar surface area (TPSA) is 84.6 Å². The van der Waals surface area contributed by atoms with Gasteiger partial charge >= 0.3 is 5.63 Å². The molecule has 2 aromatic rings. The summed E-state index contributed by atoms with van der Waals surface area (Å²) in [5.74, 6) is -0.740. The lowest BCUT2D eigenvalue weighted by Gasteiger charge is -2.03. The van der Waals surface area contributed by atoms with Gasteiger partial charge in [0.25, 0.3) is 0 Å². The first-order valence-electron chi connectivity index (χ1n) is 6.26. The van der Waals surface area contributed by atoms with Crippen LogP contribution in [-0.4, -0.2) is 16.7 Å². The summed E-state index contributed by atoms with van der Waals surface area (Å²) >= 11 is 1.22. The van der Waals surface area contributed by atoms with E-state index in [0.29, 0.717) is 9.75 Å². The molecule has 0 saturated heterocycles. The summed E-state index contributed by atoms with van der Waals surface area (Å²) in [6.45, 7) is 4.76. The fourth-order valence-electron chi connectivity index (χ4n) is 1.96. The molecule has 0 aliphatic heterocycles. The predicted octanol–water partition coefficient (Wildman–Crippen LogP) is 2.65. The van der Waals surface area contributed by atoms with Gasteiger partial charge in [-0.05, 0) is 32.4 Å². The van der Waals surface area contributed by atoms with Crippen LogP contribution in [0.2, 0.25) is 0 Å². The number of aromatic hydroxyl groups is 1. The van der Waals surface area contributed by atoms with Crippen LogP contribution >= 0.6 is 11.3 Å². The van der Waals surface area contributed by atoms with Crippen molar-refractivity contribution in [3.63, 3.8) is 0 Å². The Kier molecular flexibility index (Phi) is 4.09. The van der Waals surface area contributed by atoms with Crippen LogP contribution in [0, 0.1) is 13.8 Å². The quantitative estimate of drug-likeness (QED) is 0.878. The van der Waals surface area contributed by atoms with E-state index in [1.807, 2.05) is 0 Å². The molecule has 110 valence electrons. The maximum absolute atomic E-state index is 12.2. The van der Waals surface area contributed by atoms with Gasteiger partial charge in [-0.15, -0.1) is 11.3 Å². The molecule has 6 heteroatoms. The zero-order valence-corrected chi connectivity index (χ0v) is 12.7. The third-order valence-electron chi connectivity index (χ3n) is 3.02. The van der Waals surface area contributed by atoms with Crippen molar-refractivity contribution < 1.29 is 19.1 Å². The number of aryl methyl sites for hydroxylation is 2. The summed E-state index contributed by atoms with van der Waals surface area (Å²) in [5.41, 5.74) is -0.384. The molecule has 0 aromatic carbocycles. The second-order valence-corrected chi connectivity index (χ2v) is 5.91. The highest BCUT2D eigenvalue weighted by molar-refractivity contribution is 7.14. The Balaban J connectivity index is 2.35. The van der Waals surface area contributed by atoms with Crippen molar-refractivity contribution in [2.24, 2.45) is 0 Å². The van der Waals surface area contributed by atoms with Gasteiger partial charge in [0.05, 0.1) is 4.88 Å². The monoisotopic (exact) mass is 306 g/mol. The van der Waals surface area contributed by atoms with Crippen molar-refractivity contribution in [2.75, 3.05) is 0 Å². The van der Waals surface area contributed by atoms with E-state index in [-0.39, 0.29) is 29.3 Å². The van der Waals surface area contributed by atoms with Crippen LogP contribution in [0.5, 0.6) is 5.75 Å². The Morgan fingerprint density at radius 2 is 1.95 bits per heavy atom. The lowest BCUT2D eigenvalue weighted by atomic mass is 10.1. The Morgan fingerprint density at radius 1 is 1.29 bits per heavy atom. The van der Waals surface area contributed by atoms with Gasteiger partial charge < -0.3 is 9.52 Å². The molecular formula is C15H14O5S. The third kappa shape index (κ3) is 3.11. The van der Waals surface area contributed by atoms with Crippen LogP contribution in [0.15, 0.2) is 21.3 Å². The molecule has 0 atom stereocenters. The molecule has 0 bridgehead atoms. The number of carbonyl (C=O) groups excluding carboxylic acids is 2. The largest absolute Gasteiger partial charge is 0.507 e. The van der Waals surface area contributed by atoms with Crippen LogP contribution < -0.4 is 5.63 Å². The standard InChI is InChI=1S/C15H14O5S/c1-7-4-13(9(3)16)21-12(7)6-11(18)14-10(17)5-8(2)20-15(14)19/h4-5,17H,6H2,1-3H3. The van der Waals surface area contributed by atoms with Crippen molar-refractivity contribution in [3.05, 3.63) is 49.2 Å². The minimum Gasteiger partial charge on any atom is -0.507 e. The summed E-state index contributed by atoms with van der Waals surface area (Å²) in [6, 6.07) is 2.95. The molecule has 5 nitrogen and oxygen atoms in total. The molecule has 21 heavy (non-hydrogen) atoms. The summed E-state index contributed by atoms with van der Waals surface area (Å²) in [4.78, 5) is 36.5. The summed E-state index contributed by atoms with van der Waals surface area (Å²) in [7, 11) is 0. The van der Waals surface area contributed by atoms with Crippen LogP contribution in [-0.2, 0) is 6.42 Å². The van der Waals surface area contributed by atoms with Gasteiger partial charge in [-0.2, -0.15) is 0 Å². The number of Topliss-reactive ketones (excluding diaryl/α,β-unsaturated/α-hetero) is 2. The van der Waals surface area contributed by atoms with Crippen molar-refractivity contribution in [3.8, 4) is 5.75 Å². The minimum atomic E-state index is -0.849. The maximum Gasteiger partial charge on any atom is 0.350 e.